The number of nitrogens with one attached hydrogen (secondary N) is 4. The van der Waals surface area contributed by atoms with E-state index in [1.807, 2.05) is 65.8 Å². The fourth-order valence-electron chi connectivity index (χ4n) is 7.41. The topological polar surface area (TPSA) is 174 Å². The van der Waals surface area contributed by atoms with Gasteiger partial charge in [0.25, 0.3) is 5.91 Å². The molecule has 5 amide bonds. The van der Waals surface area contributed by atoms with Crippen LogP contribution in [-0.4, -0.2) is 103 Å². The van der Waals surface area contributed by atoms with E-state index in [4.69, 9.17) is 0 Å². The Morgan fingerprint density at radius 3 is 2.08 bits per heavy atom. The van der Waals surface area contributed by atoms with Crippen molar-refractivity contribution in [2.24, 2.45) is 23.2 Å². The van der Waals surface area contributed by atoms with Crippen LogP contribution >= 0.6 is 0 Å². The minimum absolute atomic E-state index is 0.00461. The van der Waals surface area contributed by atoms with Gasteiger partial charge in [-0.25, -0.2) is 17.5 Å². The fourth-order valence-corrected chi connectivity index (χ4v) is 8.23. The van der Waals surface area contributed by atoms with Gasteiger partial charge in [-0.3, -0.25) is 19.2 Å². The highest BCUT2D eigenvalue weighted by Crippen LogP contribution is 2.35. The van der Waals surface area contributed by atoms with Crippen LogP contribution in [0.1, 0.15) is 91.7 Å². The van der Waals surface area contributed by atoms with Gasteiger partial charge in [0.05, 0.1) is 11.8 Å². The maximum Gasteiger partial charge on any atom is 0.315 e. The number of urea groups is 1. The van der Waals surface area contributed by atoms with E-state index >= 15 is 0 Å². The maximum atomic E-state index is 14.8. The number of hydrogen-bond donors (Lipinski definition) is 4. The lowest BCUT2D eigenvalue weighted by Gasteiger charge is -2.36. The lowest BCUT2D eigenvalue weighted by atomic mass is 9.86. The number of benzene rings is 1. The van der Waals surface area contributed by atoms with Gasteiger partial charge in [-0.1, -0.05) is 72.2 Å². The van der Waals surface area contributed by atoms with Crippen molar-refractivity contribution >= 4 is 39.6 Å². The average molecular weight is 745 g/mol. The van der Waals surface area contributed by atoms with Crippen molar-refractivity contribution in [2.75, 3.05) is 25.9 Å². The van der Waals surface area contributed by atoms with Gasteiger partial charge in [-0.05, 0) is 79.7 Å². The smallest absolute Gasteiger partial charge is 0.315 e. The highest BCUT2D eigenvalue weighted by molar-refractivity contribution is 7.89. The Hall–Kier alpha value is -3.52. The molecule has 2 unspecified atom stereocenters. The zero-order valence-electron chi connectivity index (χ0n) is 32.2. The molecule has 13 nitrogen and oxygen atoms in total. The number of carbonyl (C=O) groups is 5. The third kappa shape index (κ3) is 10.1. The average Bonchev–Trinajstić information content (AvgIpc) is 3.60. The van der Waals surface area contributed by atoms with Crippen LogP contribution in [0.4, 0.5) is 4.79 Å². The zero-order valence-corrected chi connectivity index (χ0v) is 33.0. The molecule has 1 heterocycles. The lowest BCUT2D eigenvalue weighted by Crippen LogP contribution is -2.61. The van der Waals surface area contributed by atoms with Crippen LogP contribution in [0.25, 0.3) is 0 Å². The van der Waals surface area contributed by atoms with Gasteiger partial charge < -0.3 is 26.2 Å². The molecule has 0 radical (unpaired) electrons. The molecule has 0 spiro atoms. The van der Waals surface area contributed by atoms with Gasteiger partial charge in [0.1, 0.15) is 12.1 Å². The van der Waals surface area contributed by atoms with E-state index in [1.54, 1.807) is 11.8 Å². The summed E-state index contributed by atoms with van der Waals surface area (Å²) < 4.78 is 26.4. The molecule has 4 N–H and O–H groups in total. The molecule has 0 bridgehead atoms. The molecule has 14 heteroatoms. The van der Waals surface area contributed by atoms with Crippen molar-refractivity contribution < 1.29 is 32.4 Å². The highest BCUT2D eigenvalue weighted by Gasteiger charge is 2.48. The molecule has 1 aliphatic heterocycles. The van der Waals surface area contributed by atoms with Gasteiger partial charge in [0.2, 0.25) is 27.6 Å². The number of nitrogens with zero attached hydrogens (tertiary/aromatic N) is 2. The number of rotatable bonds is 16. The fraction of sp³-hybridized carbons (Fsp3) is 0.711. The van der Waals surface area contributed by atoms with E-state index in [1.165, 1.54) is 11.4 Å². The normalized spacial score (nSPS) is 21.0. The number of ketones is 1. The van der Waals surface area contributed by atoms with Gasteiger partial charge in [0.15, 0.2) is 0 Å². The molecule has 290 valence electrons. The molecule has 0 aromatic heterocycles. The first-order valence-electron chi connectivity index (χ1n) is 18.9. The van der Waals surface area contributed by atoms with Crippen LogP contribution in [0, 0.1) is 23.2 Å². The Bertz CT molecular complexity index is 1560. The Morgan fingerprint density at radius 2 is 1.56 bits per heavy atom. The Balaban J connectivity index is 1.60. The quantitative estimate of drug-likeness (QED) is 0.188. The van der Waals surface area contributed by atoms with Gasteiger partial charge in [-0.2, -0.15) is 0 Å². The summed E-state index contributed by atoms with van der Waals surface area (Å²) in [6.45, 7) is 13.5. The van der Waals surface area contributed by atoms with E-state index in [9.17, 15) is 32.4 Å². The molecule has 3 aliphatic rings. The molecule has 1 saturated heterocycles. The summed E-state index contributed by atoms with van der Waals surface area (Å²) >= 11 is 0. The molecule has 1 aromatic rings. The van der Waals surface area contributed by atoms with Crippen molar-refractivity contribution in [1.82, 2.24) is 30.5 Å². The highest BCUT2D eigenvalue weighted by atomic mass is 32.2. The molecule has 1 saturated carbocycles. The Morgan fingerprint density at radius 1 is 0.942 bits per heavy atom. The number of amides is 5. The summed E-state index contributed by atoms with van der Waals surface area (Å²) in [4.78, 5) is 70.3. The standard InChI is InChI=1S/C38H60N6O7S/c1-9-13-29(33(45)35(47)39-27-16-17-27)40-34(46)32-28(23(3)4)18-19-44(32)36(48)31(26-20-24-14-11-12-15-25(24)21-26)42-37(49)41-30(38(5,6)7)22-43(8)52(50,51)10-2/h11-12,14-15,23,26-32H,9-10,13,16-22H2,1-8H3,(H,39,47)(H,40,46)(H2,41,42,49)/t28?,29?,30-,31+,32+/m1/s1. The molecular formula is C38H60N6O7S. The van der Waals surface area contributed by atoms with Crippen LogP contribution in [0.3, 0.4) is 0 Å². The van der Waals surface area contributed by atoms with Crippen LogP contribution < -0.4 is 21.3 Å². The number of fused-ring (bicyclic) bond motifs is 1. The summed E-state index contributed by atoms with van der Waals surface area (Å²) in [6, 6.07) is 3.80. The van der Waals surface area contributed by atoms with E-state index < -0.39 is 63.2 Å². The molecule has 1 aromatic carbocycles. The minimum atomic E-state index is -3.51. The number of sulfonamides is 1. The first-order chi connectivity index (χ1) is 24.4. The van der Waals surface area contributed by atoms with Crippen molar-refractivity contribution in [3.05, 3.63) is 35.4 Å². The second-order valence-corrected chi connectivity index (χ2v) is 18.6. The molecule has 2 aliphatic carbocycles. The minimum Gasteiger partial charge on any atom is -0.347 e. The van der Waals surface area contributed by atoms with Crippen molar-refractivity contribution in [3.63, 3.8) is 0 Å². The summed E-state index contributed by atoms with van der Waals surface area (Å²) in [5.74, 6) is -2.82. The van der Waals surface area contributed by atoms with Crippen molar-refractivity contribution in [1.29, 1.82) is 0 Å². The maximum absolute atomic E-state index is 14.8. The number of hydrogen-bond acceptors (Lipinski definition) is 7. The van der Waals surface area contributed by atoms with Crippen LogP contribution in [0.15, 0.2) is 24.3 Å². The Kier molecular flexibility index (Phi) is 13.6. The first-order valence-corrected chi connectivity index (χ1v) is 20.5. The molecule has 4 rings (SSSR count). The number of Topliss-reactive ketones (excluding diaryl/α,β-unsaturated/α-hetero) is 1. The van der Waals surface area contributed by atoms with E-state index in [0.717, 1.165) is 24.0 Å². The SMILES string of the molecule is CCCC(NC(=O)[C@@H]1C(C(C)C)CCN1C(=O)[C@@H](NC(=O)N[C@H](CN(C)S(=O)(=O)CC)C(C)(C)C)C1Cc2ccccc2C1)C(=O)C(=O)NC1CC1. The van der Waals surface area contributed by atoms with Crippen molar-refractivity contribution in [2.45, 2.75) is 124 Å². The number of likely N-dealkylation sites (N-methyl/N-ethyl adjacent to an activating group) is 1. The van der Waals surface area contributed by atoms with E-state index in [2.05, 4.69) is 21.3 Å². The Labute approximate surface area is 309 Å². The second kappa shape index (κ2) is 17.1. The molecule has 52 heavy (non-hydrogen) atoms. The van der Waals surface area contributed by atoms with E-state index in [0.29, 0.717) is 25.7 Å². The lowest BCUT2D eigenvalue weighted by molar-refractivity contribution is -0.144. The number of carbonyl (C=O) groups excluding carboxylic acids is 5. The van der Waals surface area contributed by atoms with Crippen LogP contribution in [0.5, 0.6) is 0 Å². The van der Waals surface area contributed by atoms with Gasteiger partial charge in [0, 0.05) is 32.2 Å². The summed E-state index contributed by atoms with van der Waals surface area (Å²) in [7, 11) is -2.03. The third-order valence-corrected chi connectivity index (χ3v) is 12.8. The van der Waals surface area contributed by atoms with Crippen LogP contribution in [0.2, 0.25) is 0 Å². The molecule has 5 atom stereocenters. The molecular weight excluding hydrogens is 685 g/mol. The first kappa shape index (κ1) is 41.2. The molecule has 2 fully saturated rings. The van der Waals surface area contributed by atoms with Crippen molar-refractivity contribution in [3.8, 4) is 0 Å². The summed E-state index contributed by atoms with van der Waals surface area (Å²) in [5.41, 5.74) is 1.66. The van der Waals surface area contributed by atoms with Crippen LogP contribution in [-0.2, 0) is 42.0 Å². The van der Waals surface area contributed by atoms with Gasteiger partial charge in [-0.15, -0.1) is 0 Å². The largest absolute Gasteiger partial charge is 0.347 e. The third-order valence-electron chi connectivity index (χ3n) is 10.9. The predicted octanol–water partition coefficient (Wildman–Crippen LogP) is 2.77. The number of likely N-dealkylation sites (tertiary alicyclic amines) is 1. The van der Waals surface area contributed by atoms with E-state index in [-0.39, 0.29) is 55.0 Å². The monoisotopic (exact) mass is 744 g/mol. The second-order valence-electron chi connectivity index (χ2n) is 16.3. The predicted molar refractivity (Wildman–Crippen MR) is 200 cm³/mol. The summed E-state index contributed by atoms with van der Waals surface area (Å²) in [5, 5.41) is 11.5. The van der Waals surface area contributed by atoms with Gasteiger partial charge >= 0.3 is 6.03 Å². The summed E-state index contributed by atoms with van der Waals surface area (Å²) in [6.07, 6.45) is 4.16. The zero-order chi connectivity index (χ0) is 38.5.